The molecule has 0 saturated carbocycles. The molecule has 12 heteroatoms. The van der Waals surface area contributed by atoms with Crippen LogP contribution in [0, 0.1) is 0 Å². The number of hydrogen-bond acceptors (Lipinski definition) is 4. The number of pyridine rings is 2. The van der Waals surface area contributed by atoms with E-state index in [4.69, 9.17) is 0 Å². The van der Waals surface area contributed by atoms with Gasteiger partial charge in [0.1, 0.15) is 11.3 Å². The fourth-order valence-electron chi connectivity index (χ4n) is 2.31. The number of imidazole rings is 1. The van der Waals surface area contributed by atoms with Crippen LogP contribution < -0.4 is 0 Å². The molecular formula is C15H9F7N4S. The molecule has 0 saturated heterocycles. The number of aromatic nitrogens is 4. The quantitative estimate of drug-likeness (QED) is 0.449. The Labute approximate surface area is 151 Å². The van der Waals surface area contributed by atoms with Gasteiger partial charge >= 0.3 is 17.9 Å². The van der Waals surface area contributed by atoms with Crippen LogP contribution in [-0.2, 0) is 13.2 Å². The van der Waals surface area contributed by atoms with Crippen molar-refractivity contribution in [2.75, 3.05) is 0 Å². The molecule has 4 nitrogen and oxygen atoms in total. The molecule has 0 bridgehead atoms. The Balaban J connectivity index is 2.12. The summed E-state index contributed by atoms with van der Waals surface area (Å²) >= 11 is -0.398. The lowest BCUT2D eigenvalue weighted by atomic mass is 10.2. The van der Waals surface area contributed by atoms with E-state index >= 15 is 0 Å². The highest BCUT2D eigenvalue weighted by Gasteiger charge is 2.43. The van der Waals surface area contributed by atoms with E-state index in [1.807, 2.05) is 0 Å². The molecule has 0 aromatic carbocycles. The lowest BCUT2D eigenvalue weighted by Gasteiger charge is -2.16. The maximum atomic E-state index is 13.4. The summed E-state index contributed by atoms with van der Waals surface area (Å²) in [5, 5.41) is -4.37. The Kier molecular flexibility index (Phi) is 4.78. The smallest absolute Gasteiger partial charge is 0.312 e. The Hall–Kier alpha value is -2.37. The predicted molar refractivity (Wildman–Crippen MR) is 83.6 cm³/mol. The molecule has 0 amide bonds. The molecule has 0 N–H and O–H groups in total. The highest BCUT2D eigenvalue weighted by atomic mass is 32.2. The number of thioether (sulfide) groups is 1. The van der Waals surface area contributed by atoms with Gasteiger partial charge in [-0.1, -0.05) is 0 Å². The second-order valence-corrected chi connectivity index (χ2v) is 6.58. The molecule has 0 aliphatic rings. The van der Waals surface area contributed by atoms with Crippen LogP contribution in [0.2, 0.25) is 0 Å². The van der Waals surface area contributed by atoms with Crippen LogP contribution in [0.4, 0.5) is 30.7 Å². The van der Waals surface area contributed by atoms with Crippen molar-refractivity contribution in [1.82, 2.24) is 19.5 Å². The van der Waals surface area contributed by atoms with Gasteiger partial charge in [0, 0.05) is 36.1 Å². The van der Waals surface area contributed by atoms with Crippen LogP contribution in [0.5, 0.6) is 0 Å². The molecule has 0 radical (unpaired) electrons. The fourth-order valence-corrected chi connectivity index (χ4v) is 3.07. The molecule has 0 aliphatic carbocycles. The zero-order valence-corrected chi connectivity index (χ0v) is 14.1. The first-order valence-electron chi connectivity index (χ1n) is 7.19. The fraction of sp³-hybridized carbons (Fsp3) is 0.267. The van der Waals surface area contributed by atoms with E-state index in [-0.39, 0.29) is 27.4 Å². The third-order valence-corrected chi connectivity index (χ3v) is 4.56. The number of alkyl halides is 7. The van der Waals surface area contributed by atoms with Crippen molar-refractivity contribution in [2.45, 2.75) is 22.8 Å². The SMILES string of the molecule is Cn1c(-c2ccncc2SC(F)(F)C(F)F)nc2cc(C(F)(F)F)cnc21. The van der Waals surface area contributed by atoms with Crippen LogP contribution >= 0.6 is 11.8 Å². The highest BCUT2D eigenvalue weighted by molar-refractivity contribution is 8.00. The number of fused-ring (bicyclic) bond motifs is 1. The lowest BCUT2D eigenvalue weighted by molar-refractivity contribution is -0.137. The number of aryl methyl sites for hydroxylation is 1. The molecule has 0 aliphatic heterocycles. The van der Waals surface area contributed by atoms with Gasteiger partial charge in [-0.3, -0.25) is 4.98 Å². The van der Waals surface area contributed by atoms with Crippen molar-refractivity contribution in [1.29, 1.82) is 0 Å². The molecule has 3 heterocycles. The van der Waals surface area contributed by atoms with Gasteiger partial charge in [-0.25, -0.2) is 18.7 Å². The van der Waals surface area contributed by atoms with Crippen molar-refractivity contribution < 1.29 is 30.7 Å². The second-order valence-electron chi connectivity index (χ2n) is 5.40. The minimum Gasteiger partial charge on any atom is -0.312 e. The summed E-state index contributed by atoms with van der Waals surface area (Å²) in [6.07, 6.45) is -5.72. The van der Waals surface area contributed by atoms with Crippen molar-refractivity contribution >= 4 is 22.9 Å². The molecule has 0 unspecified atom stereocenters. The van der Waals surface area contributed by atoms with Gasteiger partial charge in [-0.2, -0.15) is 22.0 Å². The highest BCUT2D eigenvalue weighted by Crippen LogP contribution is 2.44. The Morgan fingerprint density at radius 1 is 1.11 bits per heavy atom. The van der Waals surface area contributed by atoms with E-state index in [0.29, 0.717) is 6.20 Å². The van der Waals surface area contributed by atoms with Gasteiger partial charge < -0.3 is 4.57 Å². The summed E-state index contributed by atoms with van der Waals surface area (Å²) in [4.78, 5) is 11.1. The maximum absolute atomic E-state index is 13.4. The van der Waals surface area contributed by atoms with Gasteiger partial charge in [0.05, 0.1) is 5.56 Å². The van der Waals surface area contributed by atoms with Gasteiger partial charge in [0.15, 0.2) is 5.65 Å². The van der Waals surface area contributed by atoms with Crippen molar-refractivity contribution in [2.24, 2.45) is 7.05 Å². The zero-order valence-electron chi connectivity index (χ0n) is 13.3. The third-order valence-electron chi connectivity index (χ3n) is 3.56. The molecule has 144 valence electrons. The van der Waals surface area contributed by atoms with Crippen LogP contribution in [0.3, 0.4) is 0 Å². The molecule has 0 fully saturated rings. The van der Waals surface area contributed by atoms with Crippen LogP contribution in [-0.4, -0.2) is 31.2 Å². The minimum absolute atomic E-state index is 0.00760. The zero-order chi connectivity index (χ0) is 20.0. The normalized spacial score (nSPS) is 12.9. The number of hydrogen-bond donors (Lipinski definition) is 0. The average Bonchev–Trinajstić information content (AvgIpc) is 2.90. The molecular weight excluding hydrogens is 401 g/mol. The van der Waals surface area contributed by atoms with Crippen LogP contribution in [0.25, 0.3) is 22.6 Å². The minimum atomic E-state index is -4.63. The van der Waals surface area contributed by atoms with E-state index in [0.717, 1.165) is 12.3 Å². The van der Waals surface area contributed by atoms with Crippen LogP contribution in [0.1, 0.15) is 5.56 Å². The summed E-state index contributed by atoms with van der Waals surface area (Å²) in [6.45, 7) is 0. The van der Waals surface area contributed by atoms with Gasteiger partial charge in [-0.05, 0) is 23.9 Å². The molecule has 3 aromatic heterocycles. The average molecular weight is 410 g/mol. The summed E-state index contributed by atoms with van der Waals surface area (Å²) in [7, 11) is 1.42. The van der Waals surface area contributed by atoms with E-state index in [9.17, 15) is 30.7 Å². The summed E-state index contributed by atoms with van der Waals surface area (Å²) in [5.74, 6) is -0.00760. The van der Waals surface area contributed by atoms with Crippen LogP contribution in [0.15, 0.2) is 35.6 Å². The number of nitrogens with zero attached hydrogens (tertiary/aromatic N) is 4. The van der Waals surface area contributed by atoms with E-state index in [1.165, 1.54) is 23.9 Å². The van der Waals surface area contributed by atoms with Gasteiger partial charge in [0.25, 0.3) is 0 Å². The third kappa shape index (κ3) is 3.70. The standard InChI is InChI=1S/C15H9F7N4S/c1-26-11(25-9-4-7(14(18,19)20)5-24-12(9)26)8-2-3-23-6-10(8)27-15(21,22)13(16)17/h2-6,13H,1H3. The summed E-state index contributed by atoms with van der Waals surface area (Å²) in [6, 6.07) is 2.03. The van der Waals surface area contributed by atoms with E-state index in [2.05, 4.69) is 15.0 Å². The van der Waals surface area contributed by atoms with E-state index in [1.54, 1.807) is 0 Å². The first-order chi connectivity index (χ1) is 12.5. The Morgan fingerprint density at radius 3 is 2.44 bits per heavy atom. The lowest BCUT2D eigenvalue weighted by Crippen LogP contribution is -2.21. The second kappa shape index (κ2) is 6.66. The Bertz CT molecular complexity index is 984. The first kappa shape index (κ1) is 19.4. The van der Waals surface area contributed by atoms with Crippen molar-refractivity contribution in [3.05, 3.63) is 36.3 Å². The predicted octanol–water partition coefficient (Wildman–Crippen LogP) is 5.00. The van der Waals surface area contributed by atoms with Gasteiger partial charge in [-0.15, -0.1) is 0 Å². The van der Waals surface area contributed by atoms with Crippen molar-refractivity contribution in [3.8, 4) is 11.4 Å². The summed E-state index contributed by atoms with van der Waals surface area (Å²) < 4.78 is 91.7. The molecule has 3 rings (SSSR count). The molecule has 3 aromatic rings. The number of halogens is 7. The molecule has 0 spiro atoms. The van der Waals surface area contributed by atoms with Crippen molar-refractivity contribution in [3.63, 3.8) is 0 Å². The first-order valence-corrected chi connectivity index (χ1v) is 8.01. The Morgan fingerprint density at radius 2 is 1.81 bits per heavy atom. The molecule has 27 heavy (non-hydrogen) atoms. The number of rotatable bonds is 4. The largest absolute Gasteiger partial charge is 0.417 e. The monoisotopic (exact) mass is 410 g/mol. The summed E-state index contributed by atoms with van der Waals surface area (Å²) in [5.41, 5.74) is -1.04. The topological polar surface area (TPSA) is 43.6 Å². The molecule has 0 atom stereocenters. The van der Waals surface area contributed by atoms with E-state index < -0.39 is 35.2 Å². The maximum Gasteiger partial charge on any atom is 0.417 e. The van der Waals surface area contributed by atoms with Gasteiger partial charge in [0.2, 0.25) is 0 Å².